The van der Waals surface area contributed by atoms with Crippen LogP contribution in [0.3, 0.4) is 0 Å². The van der Waals surface area contributed by atoms with Crippen LogP contribution in [0.2, 0.25) is 0 Å². The van der Waals surface area contributed by atoms with Crippen molar-refractivity contribution in [3.8, 4) is 34.5 Å². The molecule has 33 heteroatoms. The van der Waals surface area contributed by atoms with E-state index in [0.29, 0.717) is 249 Å². The molecule has 137 heavy (non-hydrogen) atoms. The second-order valence-electron chi connectivity index (χ2n) is 32.0. The Bertz CT molecular complexity index is 5860. The lowest BCUT2D eigenvalue weighted by Crippen LogP contribution is -2.38. The van der Waals surface area contributed by atoms with Crippen molar-refractivity contribution in [2.75, 3.05) is 93.6 Å². The lowest BCUT2D eigenvalue weighted by Gasteiger charge is -2.28. The number of carbonyl (C=O) groups is 6. The topological polar surface area (TPSA) is 264 Å². The van der Waals surface area contributed by atoms with Gasteiger partial charge in [-0.2, -0.15) is 0 Å². The van der Waals surface area contributed by atoms with Crippen LogP contribution in [0.5, 0.6) is 34.5 Å². The third-order valence-corrected chi connectivity index (χ3v) is 25.0. The van der Waals surface area contributed by atoms with Crippen molar-refractivity contribution >= 4 is 74.1 Å². The van der Waals surface area contributed by atoms with Crippen molar-refractivity contribution in [3.63, 3.8) is 0 Å². The largest absolute Gasteiger partial charge is 0.489 e. The number of amides is 6. The Hall–Kier alpha value is -14.2. The number of anilines is 3. The van der Waals surface area contributed by atoms with Crippen LogP contribution in [0.15, 0.2) is 262 Å². The second-order valence-corrected chi connectivity index (χ2v) is 33.9. The Labute approximate surface area is 798 Å². The number of carbonyl (C=O) groups excluding carboxylic acids is 6. The summed E-state index contributed by atoms with van der Waals surface area (Å²) in [5, 5.41) is 16.2. The molecule has 718 valence electrons. The molecule has 24 nitrogen and oxygen atoms in total. The molecule has 0 spiro atoms. The zero-order valence-corrected chi connectivity index (χ0v) is 78.5. The summed E-state index contributed by atoms with van der Waals surface area (Å²) in [4.78, 5) is 91.5. The summed E-state index contributed by atoms with van der Waals surface area (Å²) in [6, 6.07) is 42.9. The van der Waals surface area contributed by atoms with Crippen LogP contribution in [-0.2, 0) is 51.6 Å². The van der Waals surface area contributed by atoms with Gasteiger partial charge in [-0.1, -0.05) is 51.9 Å². The molecule has 6 aromatic carbocycles. The molecule has 0 atom stereocenters. The predicted octanol–water partition coefficient (Wildman–Crippen LogP) is 22.3. The third kappa shape index (κ3) is 27.6. The summed E-state index contributed by atoms with van der Waals surface area (Å²) in [7, 11) is 0. The normalized spacial score (nSPS) is 14.7. The van der Waals surface area contributed by atoms with E-state index in [9.17, 15) is 59.5 Å². The Balaban J connectivity index is 0.000000148. The van der Waals surface area contributed by atoms with Gasteiger partial charge in [0.1, 0.15) is 104 Å². The van der Waals surface area contributed by atoms with Crippen LogP contribution in [-0.4, -0.2) is 144 Å². The highest BCUT2D eigenvalue weighted by Gasteiger charge is 2.33. The van der Waals surface area contributed by atoms with Gasteiger partial charge >= 0.3 is 0 Å². The maximum absolute atomic E-state index is 13.8. The van der Waals surface area contributed by atoms with E-state index < -0.39 is 11.7 Å². The minimum absolute atomic E-state index is 0.0244. The predicted molar refractivity (Wildman–Crippen MR) is 511 cm³/mol. The molecule has 11 aromatic rings. The molecular weight excluding hydrogens is 1810 g/mol. The first kappa shape index (κ1) is 102. The number of fused-ring (bicyclic) bond motifs is 6. The molecule has 6 aliphatic rings. The highest BCUT2D eigenvalue weighted by molar-refractivity contribution is 7.14. The van der Waals surface area contributed by atoms with E-state index in [1.807, 2.05) is 117 Å². The van der Waals surface area contributed by atoms with E-state index in [2.05, 4.69) is 25.6 Å². The Kier molecular flexibility index (Phi) is 38.2. The van der Waals surface area contributed by atoms with E-state index in [4.69, 9.17) is 37.5 Å². The Morgan fingerprint density at radius 2 is 0.686 bits per heavy atom. The van der Waals surface area contributed by atoms with Crippen molar-refractivity contribution in [1.82, 2.24) is 35.4 Å². The molecule has 5 aromatic heterocycles. The van der Waals surface area contributed by atoms with Gasteiger partial charge in [0.15, 0.2) is 0 Å². The van der Waals surface area contributed by atoms with E-state index in [1.54, 1.807) is 135 Å². The molecule has 6 amide bonds. The van der Waals surface area contributed by atoms with Gasteiger partial charge in [-0.25, -0.2) is 40.7 Å². The third-order valence-electron chi connectivity index (χ3n) is 23.2. The number of hydrogen-bond acceptors (Lipinski definition) is 20. The molecule has 6 aliphatic heterocycles. The molecule has 11 heterocycles. The molecule has 0 saturated carbocycles. The van der Waals surface area contributed by atoms with Gasteiger partial charge in [-0.15, -0.1) is 22.7 Å². The Morgan fingerprint density at radius 1 is 0.372 bits per heavy atom. The lowest BCUT2D eigenvalue weighted by molar-refractivity contribution is 0.0716. The fraction of sp³-hybridized carbons (Fsp3) is 0.308. The Morgan fingerprint density at radius 3 is 1.00 bits per heavy atom. The van der Waals surface area contributed by atoms with Crippen LogP contribution in [0, 0.1) is 5.82 Å². The molecule has 0 aliphatic carbocycles. The van der Waals surface area contributed by atoms with Gasteiger partial charge in [0.2, 0.25) is 5.95 Å². The molecule has 1 N–H and O–H groups in total. The van der Waals surface area contributed by atoms with Gasteiger partial charge in [-0.05, 0) is 282 Å². The number of halogens is 7. The minimum Gasteiger partial charge on any atom is -0.489 e. The summed E-state index contributed by atoms with van der Waals surface area (Å²) >= 11 is 3.13. The van der Waals surface area contributed by atoms with Crippen LogP contribution in [0.25, 0.3) is 0 Å². The highest BCUT2D eigenvalue weighted by atomic mass is 32.1. The zero-order chi connectivity index (χ0) is 97.1. The molecule has 0 saturated heterocycles. The first-order chi connectivity index (χ1) is 66.7. The average Bonchev–Trinajstić information content (AvgIpc) is 1.71. The maximum Gasteiger partial charge on any atom is 0.260 e. The number of rotatable bonds is 31. The molecule has 0 fully saturated rings. The SMILES string of the molecule is CC/C(=C/F)COc1ccc2c(c1)CCN(c1cccs1)C2=O.CC/C(=C/F)COc1ccc2c(c1)CCN(c1ncccn1)C2=O.CC/C(=C\F)COc1cc(F)c2c(c1)CCNC2=O.CC/C(=C\F)COc1ccc2c(c1)CCN(Cc1ccon1)C2=O.CC/C(=C\F)COc1ccc2c(c1)CCN(Cc1ccon1)C2=O.CC/C(=C\F)COc1ccc2c(c1)CCN(c1cccs1)C2=O. The molecule has 0 unspecified atom stereocenters. The average molecular weight is 1920 g/mol. The van der Waals surface area contributed by atoms with Crippen LogP contribution in [0.4, 0.5) is 46.7 Å². The van der Waals surface area contributed by atoms with E-state index in [-0.39, 0.29) is 74.7 Å². The van der Waals surface area contributed by atoms with Gasteiger partial charge < -0.3 is 52.6 Å². The molecular formula is C104H107F7N10O14S2. The van der Waals surface area contributed by atoms with Crippen molar-refractivity contribution < 1.29 is 97.0 Å². The van der Waals surface area contributed by atoms with Gasteiger partial charge in [0.25, 0.3) is 35.4 Å². The monoisotopic (exact) mass is 1920 g/mol. The van der Waals surface area contributed by atoms with E-state index >= 15 is 0 Å². The van der Waals surface area contributed by atoms with Crippen LogP contribution in [0.1, 0.15) is 187 Å². The van der Waals surface area contributed by atoms with Gasteiger partial charge in [0, 0.05) is 97.7 Å². The highest BCUT2D eigenvalue weighted by Crippen LogP contribution is 2.36. The zero-order valence-electron chi connectivity index (χ0n) is 76.9. The number of hydrogen-bond donors (Lipinski definition) is 1. The van der Waals surface area contributed by atoms with Crippen molar-refractivity contribution in [2.24, 2.45) is 0 Å². The first-order valence-electron chi connectivity index (χ1n) is 45.1. The van der Waals surface area contributed by atoms with E-state index in [1.165, 1.54) is 12.5 Å². The molecule has 17 rings (SSSR count). The molecule has 0 bridgehead atoms. The van der Waals surface area contributed by atoms with E-state index in [0.717, 1.165) is 81.0 Å². The standard InChI is InChI=1S/C18H18FN3O2.2C18H19FN2O3.2C18H18FNO2S.C14H15F2NO2/c1-2-13(11-19)12-24-15-4-5-16-14(10-15)6-9-22(17(16)23)18-20-7-3-8-21-18;2*1-2-13(10-19)12-23-16-3-4-17-14(9-16)5-7-21(18(17)22)11-15-6-8-24-20-15;2*1-2-13(11-19)12-22-15-5-6-16-14(10-15)7-8-20(18(16)21)17-4-3-9-23-17;1-2-9(7-15)8-19-11-5-10-3-4-17-14(18)13(10)12(16)6-11/h3-5,7-8,10-11H,2,6,9,12H2,1H3;2*3-4,6,8-10H,2,5,7,11-12H2,1H3;2*3-6,9-11H,2,7-8,12H2,1H3;5-7H,2-4,8H2,1H3,(H,17,18)/b13-11-;2*13-10+;13-11+;13-11-;9-7+. The number of nitrogens with one attached hydrogen (secondary N) is 1. The van der Waals surface area contributed by atoms with Crippen LogP contribution >= 0.6 is 22.7 Å². The summed E-state index contributed by atoms with van der Waals surface area (Å²) in [5.41, 5.74) is 13.9. The first-order valence-corrected chi connectivity index (χ1v) is 46.9. The number of benzene rings is 6. The molecule has 0 radical (unpaired) electrons. The smallest absolute Gasteiger partial charge is 0.260 e. The number of ether oxygens (including phenoxy) is 6. The fourth-order valence-electron chi connectivity index (χ4n) is 15.0. The number of nitrogens with zero attached hydrogens (tertiary/aromatic N) is 9. The summed E-state index contributed by atoms with van der Waals surface area (Å²) < 4.78 is 132. The number of thiophene rings is 2. The minimum atomic E-state index is -0.605. The van der Waals surface area contributed by atoms with Gasteiger partial charge in [-0.3, -0.25) is 43.5 Å². The maximum atomic E-state index is 13.8. The summed E-state index contributed by atoms with van der Waals surface area (Å²) in [6.45, 7) is 16.9. The quantitative estimate of drug-likeness (QED) is 0.0396. The van der Waals surface area contributed by atoms with Gasteiger partial charge in [0.05, 0.1) is 66.6 Å². The van der Waals surface area contributed by atoms with Crippen LogP contribution < -0.4 is 48.4 Å². The summed E-state index contributed by atoms with van der Waals surface area (Å²) in [5.74, 6) is 2.90. The summed E-state index contributed by atoms with van der Waals surface area (Å²) in [6.07, 6.45) is 17.6. The van der Waals surface area contributed by atoms with Crippen molar-refractivity contribution in [2.45, 2.75) is 132 Å². The van der Waals surface area contributed by atoms with Crippen molar-refractivity contribution in [3.05, 3.63) is 337 Å². The fourth-order valence-corrected chi connectivity index (χ4v) is 16.5. The second kappa shape index (κ2) is 51.5. The lowest BCUT2D eigenvalue weighted by atomic mass is 9.98. The van der Waals surface area contributed by atoms with Crippen molar-refractivity contribution in [1.29, 1.82) is 0 Å². The number of aromatic nitrogens is 4.